The van der Waals surface area contributed by atoms with Crippen molar-refractivity contribution in [3.05, 3.63) is 34.3 Å². The summed E-state index contributed by atoms with van der Waals surface area (Å²) in [7, 11) is 0. The fourth-order valence-electron chi connectivity index (χ4n) is 2.47. The molecule has 1 aromatic carbocycles. The Hall–Kier alpha value is -1.01. The van der Waals surface area contributed by atoms with Crippen LogP contribution in [0.25, 0.3) is 0 Å². The lowest BCUT2D eigenvalue weighted by Crippen LogP contribution is -2.46. The summed E-state index contributed by atoms with van der Waals surface area (Å²) in [6.07, 6.45) is 2.01. The highest BCUT2D eigenvalue weighted by Crippen LogP contribution is 2.33. The van der Waals surface area contributed by atoms with Crippen LogP contribution in [0.15, 0.2) is 28.7 Å². The maximum Gasteiger partial charge on any atom is 0.327 e. The molecule has 1 N–H and O–H groups in total. The predicted octanol–water partition coefficient (Wildman–Crippen LogP) is 3.15. The van der Waals surface area contributed by atoms with E-state index in [1.165, 1.54) is 0 Å². The van der Waals surface area contributed by atoms with Gasteiger partial charge in [-0.1, -0.05) is 41.4 Å². The zero-order valence-corrected chi connectivity index (χ0v) is 14.2. The van der Waals surface area contributed by atoms with Gasteiger partial charge in [-0.25, -0.2) is 4.79 Å². The number of carboxylic acids is 1. The molecule has 2 atom stereocenters. The summed E-state index contributed by atoms with van der Waals surface area (Å²) in [6.45, 7) is 2.05. The van der Waals surface area contributed by atoms with Crippen molar-refractivity contribution in [1.82, 2.24) is 4.90 Å². The summed E-state index contributed by atoms with van der Waals surface area (Å²) >= 11 is 4.95. The van der Waals surface area contributed by atoms with Gasteiger partial charge in [-0.2, -0.15) is 0 Å². The Balaban J connectivity index is 2.14. The second-order valence-electron chi connectivity index (χ2n) is 5.04. The first kappa shape index (κ1) is 16.4. The Kier molecular flexibility index (Phi) is 5.70. The van der Waals surface area contributed by atoms with Crippen LogP contribution in [-0.2, 0) is 16.0 Å². The first-order valence-corrected chi connectivity index (χ1v) is 8.77. The maximum atomic E-state index is 12.6. The molecule has 1 aromatic rings. The van der Waals surface area contributed by atoms with Crippen molar-refractivity contribution in [2.24, 2.45) is 0 Å². The summed E-state index contributed by atoms with van der Waals surface area (Å²) in [5.41, 5.74) is 0.894. The molecule has 6 heteroatoms. The summed E-state index contributed by atoms with van der Waals surface area (Å²) in [4.78, 5) is 25.5. The van der Waals surface area contributed by atoms with E-state index < -0.39 is 12.0 Å². The molecule has 0 aliphatic carbocycles. The van der Waals surface area contributed by atoms with E-state index in [1.54, 1.807) is 16.7 Å². The maximum absolute atomic E-state index is 12.6. The van der Waals surface area contributed by atoms with Crippen molar-refractivity contribution in [2.75, 3.05) is 5.75 Å². The van der Waals surface area contributed by atoms with Gasteiger partial charge in [0.1, 0.15) is 6.04 Å². The van der Waals surface area contributed by atoms with Gasteiger partial charge in [0.05, 0.1) is 11.8 Å². The molecule has 1 heterocycles. The van der Waals surface area contributed by atoms with Gasteiger partial charge < -0.3 is 10.0 Å². The Morgan fingerprint density at radius 1 is 1.48 bits per heavy atom. The van der Waals surface area contributed by atoms with E-state index >= 15 is 0 Å². The van der Waals surface area contributed by atoms with Crippen LogP contribution in [-0.4, -0.2) is 39.1 Å². The summed E-state index contributed by atoms with van der Waals surface area (Å²) < 4.78 is 0.920. The van der Waals surface area contributed by atoms with Gasteiger partial charge in [-0.3, -0.25) is 4.79 Å². The number of nitrogens with zero attached hydrogens (tertiary/aromatic N) is 1. The van der Waals surface area contributed by atoms with Gasteiger partial charge in [0.15, 0.2) is 0 Å². The van der Waals surface area contributed by atoms with E-state index in [0.717, 1.165) is 22.9 Å². The van der Waals surface area contributed by atoms with Crippen molar-refractivity contribution in [3.63, 3.8) is 0 Å². The first-order chi connectivity index (χ1) is 10.0. The molecule has 4 nitrogen and oxygen atoms in total. The third-order valence-corrected chi connectivity index (χ3v) is 5.29. The van der Waals surface area contributed by atoms with Crippen LogP contribution in [0, 0.1) is 0 Å². The Morgan fingerprint density at radius 3 is 2.86 bits per heavy atom. The summed E-state index contributed by atoms with van der Waals surface area (Å²) in [5.74, 6) is -0.544. The number of benzene rings is 1. The topological polar surface area (TPSA) is 57.6 Å². The number of hydrogen-bond acceptors (Lipinski definition) is 3. The summed E-state index contributed by atoms with van der Waals surface area (Å²) in [6, 6.07) is 6.86. The highest BCUT2D eigenvalue weighted by Gasteiger charge is 2.40. The molecule has 0 bridgehead atoms. The quantitative estimate of drug-likeness (QED) is 0.863. The monoisotopic (exact) mass is 371 g/mol. The van der Waals surface area contributed by atoms with Crippen LogP contribution >= 0.6 is 27.7 Å². The molecule has 1 aliphatic rings. The molecule has 1 aliphatic heterocycles. The highest BCUT2D eigenvalue weighted by atomic mass is 79.9. The van der Waals surface area contributed by atoms with Gasteiger partial charge in [0.25, 0.3) is 0 Å². The molecule has 1 fully saturated rings. The standard InChI is InChI=1S/C15H18BrNO3S/c1-2-4-14-17(12(9-21-14)15(19)20)13(18)8-10-5-3-6-11(16)7-10/h3,5-7,12,14H,2,4,8-9H2,1H3,(H,19,20). The molecule has 0 radical (unpaired) electrons. The molecule has 114 valence electrons. The minimum atomic E-state index is -0.913. The predicted molar refractivity (Wildman–Crippen MR) is 87.3 cm³/mol. The second kappa shape index (κ2) is 7.31. The molecule has 0 spiro atoms. The van der Waals surface area contributed by atoms with Crippen LogP contribution in [0.2, 0.25) is 0 Å². The summed E-state index contributed by atoms with van der Waals surface area (Å²) in [5, 5.41) is 9.30. The fourth-order valence-corrected chi connectivity index (χ4v) is 4.45. The lowest BCUT2D eigenvalue weighted by molar-refractivity contribution is -0.148. The Morgan fingerprint density at radius 2 is 2.24 bits per heavy atom. The molecule has 2 rings (SSSR count). The van der Waals surface area contributed by atoms with Crippen molar-refractivity contribution in [1.29, 1.82) is 0 Å². The molecular weight excluding hydrogens is 354 g/mol. The number of amides is 1. The number of carbonyl (C=O) groups excluding carboxylic acids is 1. The third kappa shape index (κ3) is 4.01. The van der Waals surface area contributed by atoms with Crippen LogP contribution in [0.5, 0.6) is 0 Å². The zero-order valence-electron chi connectivity index (χ0n) is 11.8. The van der Waals surface area contributed by atoms with Crippen LogP contribution < -0.4 is 0 Å². The molecule has 1 saturated heterocycles. The van der Waals surface area contributed by atoms with E-state index in [-0.39, 0.29) is 17.7 Å². The van der Waals surface area contributed by atoms with Gasteiger partial charge in [-0.05, 0) is 24.1 Å². The fraction of sp³-hybridized carbons (Fsp3) is 0.467. The Labute approximate surface area is 137 Å². The van der Waals surface area contributed by atoms with E-state index in [0.29, 0.717) is 5.75 Å². The molecule has 0 aromatic heterocycles. The van der Waals surface area contributed by atoms with E-state index in [2.05, 4.69) is 15.9 Å². The first-order valence-electron chi connectivity index (χ1n) is 6.93. The lowest BCUT2D eigenvalue weighted by Gasteiger charge is -2.27. The molecule has 1 amide bonds. The SMILES string of the molecule is CCCC1SCC(C(=O)O)N1C(=O)Cc1cccc(Br)c1. The van der Waals surface area contributed by atoms with Crippen molar-refractivity contribution in [2.45, 2.75) is 37.6 Å². The Bertz CT molecular complexity index is 537. The van der Waals surface area contributed by atoms with Crippen LogP contribution in [0.4, 0.5) is 0 Å². The third-order valence-electron chi connectivity index (χ3n) is 3.45. The highest BCUT2D eigenvalue weighted by molar-refractivity contribution is 9.10. The minimum Gasteiger partial charge on any atom is -0.480 e. The normalized spacial score (nSPS) is 21.5. The van der Waals surface area contributed by atoms with Crippen molar-refractivity contribution >= 4 is 39.6 Å². The van der Waals surface area contributed by atoms with Gasteiger partial charge in [-0.15, -0.1) is 11.8 Å². The average Bonchev–Trinajstić information content (AvgIpc) is 2.83. The van der Waals surface area contributed by atoms with E-state index in [4.69, 9.17) is 0 Å². The second-order valence-corrected chi connectivity index (χ2v) is 7.16. The number of aliphatic carboxylic acids is 1. The van der Waals surface area contributed by atoms with Crippen LogP contribution in [0.1, 0.15) is 25.3 Å². The minimum absolute atomic E-state index is 0.0178. The largest absolute Gasteiger partial charge is 0.480 e. The van der Waals surface area contributed by atoms with Crippen molar-refractivity contribution < 1.29 is 14.7 Å². The number of carbonyl (C=O) groups is 2. The van der Waals surface area contributed by atoms with E-state index in [9.17, 15) is 14.7 Å². The average molecular weight is 372 g/mol. The van der Waals surface area contributed by atoms with Gasteiger partial charge in [0.2, 0.25) is 5.91 Å². The number of halogens is 1. The number of thioether (sulfide) groups is 1. The zero-order chi connectivity index (χ0) is 15.4. The van der Waals surface area contributed by atoms with Crippen LogP contribution in [0.3, 0.4) is 0 Å². The van der Waals surface area contributed by atoms with Gasteiger partial charge in [0, 0.05) is 10.2 Å². The number of rotatable bonds is 5. The smallest absolute Gasteiger partial charge is 0.327 e. The van der Waals surface area contributed by atoms with Gasteiger partial charge >= 0.3 is 5.97 Å². The van der Waals surface area contributed by atoms with Crippen molar-refractivity contribution in [3.8, 4) is 0 Å². The number of carboxylic acid groups (broad SMARTS) is 1. The molecule has 2 unspecified atom stereocenters. The molecule has 0 saturated carbocycles. The lowest BCUT2D eigenvalue weighted by atomic mass is 10.1. The molecular formula is C15H18BrNO3S. The number of hydrogen-bond donors (Lipinski definition) is 1. The van der Waals surface area contributed by atoms with E-state index in [1.807, 2.05) is 31.2 Å². The molecule has 21 heavy (non-hydrogen) atoms.